The van der Waals surface area contributed by atoms with Gasteiger partial charge in [-0.05, 0) is 55.8 Å². The van der Waals surface area contributed by atoms with Gasteiger partial charge in [0.2, 0.25) is 0 Å². The third-order valence-electron chi connectivity index (χ3n) is 3.60. The maximum absolute atomic E-state index is 14.0. The van der Waals surface area contributed by atoms with Crippen molar-refractivity contribution in [2.24, 2.45) is 11.3 Å². The molecule has 114 valence electrons. The van der Waals surface area contributed by atoms with Gasteiger partial charge in [-0.25, -0.2) is 8.78 Å². The van der Waals surface area contributed by atoms with Crippen molar-refractivity contribution >= 4 is 0 Å². The topological polar surface area (TPSA) is 12.0 Å². The highest BCUT2D eigenvalue weighted by molar-refractivity contribution is 5.27. The van der Waals surface area contributed by atoms with E-state index < -0.39 is 0 Å². The van der Waals surface area contributed by atoms with Gasteiger partial charge in [-0.2, -0.15) is 0 Å². The molecule has 20 heavy (non-hydrogen) atoms. The number of benzene rings is 1. The van der Waals surface area contributed by atoms with E-state index >= 15 is 0 Å². The molecule has 0 aliphatic carbocycles. The molecule has 0 saturated carbocycles. The van der Waals surface area contributed by atoms with Crippen LogP contribution in [0.15, 0.2) is 12.1 Å². The minimum atomic E-state index is -0.342. The highest BCUT2D eigenvalue weighted by Crippen LogP contribution is 2.31. The molecule has 1 nitrogen and oxygen atoms in total. The van der Waals surface area contributed by atoms with Gasteiger partial charge in [-0.3, -0.25) is 0 Å². The minimum Gasteiger partial charge on any atom is -0.313 e. The lowest BCUT2D eigenvalue weighted by Crippen LogP contribution is -2.22. The van der Waals surface area contributed by atoms with Gasteiger partial charge in [-0.15, -0.1) is 0 Å². The van der Waals surface area contributed by atoms with E-state index in [-0.39, 0.29) is 23.1 Å². The molecule has 0 radical (unpaired) electrons. The van der Waals surface area contributed by atoms with Crippen molar-refractivity contribution in [3.05, 3.63) is 34.9 Å². The molecule has 1 aromatic rings. The number of hydrogen-bond donors (Lipinski definition) is 1. The zero-order valence-electron chi connectivity index (χ0n) is 13.5. The summed E-state index contributed by atoms with van der Waals surface area (Å²) in [6.07, 6.45) is 1.86. The Morgan fingerprint density at radius 2 is 1.75 bits per heavy atom. The lowest BCUT2D eigenvalue weighted by Gasteiger charge is -2.27. The van der Waals surface area contributed by atoms with Crippen LogP contribution >= 0.6 is 0 Å². The first kappa shape index (κ1) is 17.1. The average molecular weight is 283 g/mol. The number of halogens is 2. The molecule has 0 aliphatic heterocycles. The average Bonchev–Trinajstić information content (AvgIpc) is 2.29. The van der Waals surface area contributed by atoms with E-state index in [9.17, 15) is 8.78 Å². The smallest absolute Gasteiger partial charge is 0.128 e. The summed E-state index contributed by atoms with van der Waals surface area (Å²) >= 11 is 0. The second-order valence-corrected chi connectivity index (χ2v) is 7.07. The fourth-order valence-corrected chi connectivity index (χ4v) is 2.86. The van der Waals surface area contributed by atoms with Crippen molar-refractivity contribution in [2.45, 2.75) is 53.5 Å². The zero-order valence-corrected chi connectivity index (χ0v) is 13.5. The Hall–Kier alpha value is -0.960. The van der Waals surface area contributed by atoms with Gasteiger partial charge in [0.1, 0.15) is 11.6 Å². The summed E-state index contributed by atoms with van der Waals surface area (Å²) in [6, 6.07) is 2.46. The fraction of sp³-hybridized carbons (Fsp3) is 0.647. The molecule has 0 amide bonds. The highest BCUT2D eigenvalue weighted by atomic mass is 19.1. The Kier molecular flexibility index (Phi) is 5.69. The Bertz CT molecular complexity index is 449. The van der Waals surface area contributed by atoms with Gasteiger partial charge in [-0.1, -0.05) is 27.7 Å². The van der Waals surface area contributed by atoms with Gasteiger partial charge in [0.05, 0.1) is 0 Å². The van der Waals surface area contributed by atoms with Crippen LogP contribution in [0.4, 0.5) is 8.78 Å². The van der Waals surface area contributed by atoms with E-state index in [4.69, 9.17) is 0 Å². The Labute approximate surface area is 121 Å². The van der Waals surface area contributed by atoms with Crippen molar-refractivity contribution < 1.29 is 8.78 Å². The van der Waals surface area contributed by atoms with Gasteiger partial charge >= 0.3 is 0 Å². The van der Waals surface area contributed by atoms with Crippen LogP contribution < -0.4 is 5.32 Å². The van der Waals surface area contributed by atoms with Crippen LogP contribution in [0.1, 0.15) is 57.7 Å². The van der Waals surface area contributed by atoms with E-state index in [0.717, 1.165) is 12.8 Å². The summed E-state index contributed by atoms with van der Waals surface area (Å²) in [5.41, 5.74) is 1.02. The molecule has 0 saturated heterocycles. The minimum absolute atomic E-state index is 0.151. The second-order valence-electron chi connectivity index (χ2n) is 7.07. The molecule has 0 aromatic heterocycles. The lowest BCUT2D eigenvalue weighted by atomic mass is 9.82. The molecular weight excluding hydrogens is 256 g/mol. The van der Waals surface area contributed by atoms with E-state index in [1.54, 1.807) is 14.0 Å². The van der Waals surface area contributed by atoms with Gasteiger partial charge in [0.25, 0.3) is 0 Å². The van der Waals surface area contributed by atoms with Crippen molar-refractivity contribution in [3.63, 3.8) is 0 Å². The van der Waals surface area contributed by atoms with Gasteiger partial charge in [0, 0.05) is 11.6 Å². The molecule has 1 aromatic carbocycles. The summed E-state index contributed by atoms with van der Waals surface area (Å²) in [6.45, 7) is 10.3. The van der Waals surface area contributed by atoms with Crippen LogP contribution in [0.5, 0.6) is 0 Å². The molecule has 2 unspecified atom stereocenters. The van der Waals surface area contributed by atoms with Crippen molar-refractivity contribution in [3.8, 4) is 0 Å². The van der Waals surface area contributed by atoms with E-state index in [2.05, 4.69) is 33.0 Å². The standard InChI is InChI=1S/C17H27F2N/c1-11(10-17(3,4)5)7-16(20-6)13-9-14(18)12(2)8-15(13)19/h8-9,11,16,20H,7,10H2,1-6H3. The molecule has 2 atom stereocenters. The number of hydrogen-bond acceptors (Lipinski definition) is 1. The monoisotopic (exact) mass is 283 g/mol. The van der Waals surface area contributed by atoms with Crippen LogP contribution in [0.25, 0.3) is 0 Å². The fourth-order valence-electron chi connectivity index (χ4n) is 2.86. The van der Waals surface area contributed by atoms with Crippen LogP contribution in [0, 0.1) is 29.9 Å². The quantitative estimate of drug-likeness (QED) is 0.802. The van der Waals surface area contributed by atoms with E-state index in [1.807, 2.05) is 0 Å². The predicted octanol–water partition coefficient (Wildman–Crippen LogP) is 5.00. The highest BCUT2D eigenvalue weighted by Gasteiger charge is 2.22. The van der Waals surface area contributed by atoms with Crippen LogP contribution in [-0.2, 0) is 0 Å². The molecule has 0 heterocycles. The Morgan fingerprint density at radius 1 is 1.15 bits per heavy atom. The first-order valence-electron chi connectivity index (χ1n) is 7.27. The number of rotatable bonds is 5. The maximum atomic E-state index is 14.0. The molecule has 0 aliphatic rings. The predicted molar refractivity (Wildman–Crippen MR) is 80.7 cm³/mol. The number of nitrogens with one attached hydrogen (secondary N) is 1. The lowest BCUT2D eigenvalue weighted by molar-refractivity contribution is 0.277. The summed E-state index contributed by atoms with van der Waals surface area (Å²) in [5.74, 6) is -0.229. The first-order chi connectivity index (χ1) is 9.14. The molecule has 1 N–H and O–H groups in total. The normalized spacial score (nSPS) is 15.2. The third kappa shape index (κ3) is 4.86. The molecule has 0 spiro atoms. The van der Waals surface area contributed by atoms with E-state index in [1.165, 1.54) is 12.1 Å². The molecular formula is C17H27F2N. The molecule has 0 fully saturated rings. The molecule has 1 rings (SSSR count). The summed E-state index contributed by atoms with van der Waals surface area (Å²) in [5, 5.41) is 3.12. The van der Waals surface area contributed by atoms with Crippen LogP contribution in [0.3, 0.4) is 0 Å². The van der Waals surface area contributed by atoms with Crippen LogP contribution in [-0.4, -0.2) is 7.05 Å². The molecule has 0 bridgehead atoms. The summed E-state index contributed by atoms with van der Waals surface area (Å²) < 4.78 is 27.7. The van der Waals surface area contributed by atoms with Gasteiger partial charge in [0.15, 0.2) is 0 Å². The second kappa shape index (κ2) is 6.66. The van der Waals surface area contributed by atoms with Crippen molar-refractivity contribution in [1.29, 1.82) is 0 Å². The maximum Gasteiger partial charge on any atom is 0.128 e. The van der Waals surface area contributed by atoms with E-state index in [0.29, 0.717) is 17.0 Å². The Balaban J connectivity index is 2.89. The summed E-state index contributed by atoms with van der Waals surface area (Å²) in [7, 11) is 1.80. The molecule has 3 heteroatoms. The van der Waals surface area contributed by atoms with Crippen molar-refractivity contribution in [2.75, 3.05) is 7.05 Å². The number of aryl methyl sites for hydroxylation is 1. The summed E-state index contributed by atoms with van der Waals surface area (Å²) in [4.78, 5) is 0. The van der Waals surface area contributed by atoms with Gasteiger partial charge < -0.3 is 5.32 Å². The largest absolute Gasteiger partial charge is 0.313 e. The zero-order chi connectivity index (χ0) is 15.5. The van der Waals surface area contributed by atoms with Crippen LogP contribution in [0.2, 0.25) is 0 Å². The SMILES string of the molecule is CNC(CC(C)CC(C)(C)C)c1cc(F)c(C)cc1F. The first-order valence-corrected chi connectivity index (χ1v) is 7.27. The Morgan fingerprint density at radius 3 is 2.25 bits per heavy atom. The third-order valence-corrected chi connectivity index (χ3v) is 3.60. The van der Waals surface area contributed by atoms with Crippen molar-refractivity contribution in [1.82, 2.24) is 5.32 Å².